The fourth-order valence-corrected chi connectivity index (χ4v) is 2.67. The summed E-state index contributed by atoms with van der Waals surface area (Å²) in [6.07, 6.45) is 1.66. The standard InChI is InChI=1S/C12H15N3O2S/c1-2-15-11(8-9-13-15)10-14-18(16,17)12-6-4-3-5-7-12/h3-9,14H,2,10H2,1H3. The number of sulfonamides is 1. The van der Waals surface area contributed by atoms with Crippen LogP contribution in [-0.2, 0) is 23.1 Å². The fourth-order valence-electron chi connectivity index (χ4n) is 1.65. The van der Waals surface area contributed by atoms with Crippen molar-refractivity contribution in [1.82, 2.24) is 14.5 Å². The molecule has 0 fully saturated rings. The lowest BCUT2D eigenvalue weighted by Crippen LogP contribution is -2.24. The van der Waals surface area contributed by atoms with Gasteiger partial charge in [-0.1, -0.05) is 18.2 Å². The summed E-state index contributed by atoms with van der Waals surface area (Å²) in [6.45, 7) is 2.92. The van der Waals surface area contributed by atoms with Crippen molar-refractivity contribution in [3.8, 4) is 0 Å². The highest BCUT2D eigenvalue weighted by Gasteiger charge is 2.13. The molecule has 0 radical (unpaired) electrons. The minimum atomic E-state index is -3.45. The van der Waals surface area contributed by atoms with Gasteiger partial charge in [0.15, 0.2) is 0 Å². The van der Waals surface area contributed by atoms with E-state index >= 15 is 0 Å². The normalized spacial score (nSPS) is 11.6. The minimum absolute atomic E-state index is 0.241. The van der Waals surface area contributed by atoms with E-state index in [1.54, 1.807) is 47.3 Å². The summed E-state index contributed by atoms with van der Waals surface area (Å²) in [6, 6.07) is 10.1. The van der Waals surface area contributed by atoms with Gasteiger partial charge in [-0.3, -0.25) is 4.68 Å². The van der Waals surface area contributed by atoms with E-state index in [1.807, 2.05) is 6.92 Å². The molecule has 1 aromatic heterocycles. The lowest BCUT2D eigenvalue weighted by atomic mass is 10.4. The molecule has 2 rings (SSSR count). The lowest BCUT2D eigenvalue weighted by molar-refractivity contribution is 0.570. The summed E-state index contributed by atoms with van der Waals surface area (Å²) in [4.78, 5) is 0.271. The molecule has 0 amide bonds. The van der Waals surface area contributed by atoms with Gasteiger partial charge in [0.1, 0.15) is 0 Å². The summed E-state index contributed by atoms with van der Waals surface area (Å²) in [5, 5.41) is 4.09. The third-order valence-electron chi connectivity index (χ3n) is 2.60. The predicted octanol–water partition coefficient (Wildman–Crippen LogP) is 1.38. The number of benzene rings is 1. The van der Waals surface area contributed by atoms with E-state index < -0.39 is 10.0 Å². The second-order valence-electron chi connectivity index (χ2n) is 3.78. The van der Waals surface area contributed by atoms with Gasteiger partial charge in [-0.25, -0.2) is 13.1 Å². The quantitative estimate of drug-likeness (QED) is 0.888. The Morgan fingerprint density at radius 3 is 2.61 bits per heavy atom. The molecule has 6 heteroatoms. The van der Waals surface area contributed by atoms with Crippen LogP contribution in [0.1, 0.15) is 12.6 Å². The molecule has 18 heavy (non-hydrogen) atoms. The molecule has 1 N–H and O–H groups in total. The van der Waals surface area contributed by atoms with Crippen molar-refractivity contribution in [2.75, 3.05) is 0 Å². The van der Waals surface area contributed by atoms with Gasteiger partial charge in [-0.15, -0.1) is 0 Å². The molecule has 2 aromatic rings. The first kappa shape index (κ1) is 12.8. The first-order chi connectivity index (χ1) is 8.63. The maximum Gasteiger partial charge on any atom is 0.240 e. The maximum atomic E-state index is 12.0. The Balaban J connectivity index is 2.11. The van der Waals surface area contributed by atoms with Gasteiger partial charge in [-0.05, 0) is 25.1 Å². The topological polar surface area (TPSA) is 64.0 Å². The Kier molecular flexibility index (Phi) is 3.78. The van der Waals surface area contributed by atoms with E-state index in [9.17, 15) is 8.42 Å². The molecule has 96 valence electrons. The van der Waals surface area contributed by atoms with Gasteiger partial charge in [0.2, 0.25) is 10.0 Å². The molecular weight excluding hydrogens is 250 g/mol. The molecule has 0 aliphatic rings. The van der Waals surface area contributed by atoms with E-state index in [-0.39, 0.29) is 11.4 Å². The summed E-state index contributed by atoms with van der Waals surface area (Å²) >= 11 is 0. The van der Waals surface area contributed by atoms with Crippen molar-refractivity contribution in [3.05, 3.63) is 48.3 Å². The van der Waals surface area contributed by atoms with Gasteiger partial charge < -0.3 is 0 Å². The monoisotopic (exact) mass is 265 g/mol. The Morgan fingerprint density at radius 2 is 1.94 bits per heavy atom. The number of rotatable bonds is 5. The highest BCUT2D eigenvalue weighted by molar-refractivity contribution is 7.89. The number of nitrogens with zero attached hydrogens (tertiary/aromatic N) is 2. The molecule has 1 heterocycles. The van der Waals surface area contributed by atoms with Crippen molar-refractivity contribution in [1.29, 1.82) is 0 Å². The van der Waals surface area contributed by atoms with Gasteiger partial charge >= 0.3 is 0 Å². The highest BCUT2D eigenvalue weighted by Crippen LogP contribution is 2.08. The zero-order valence-electron chi connectivity index (χ0n) is 10.1. The van der Waals surface area contributed by atoms with Gasteiger partial charge in [0.25, 0.3) is 0 Å². The molecule has 0 aliphatic heterocycles. The van der Waals surface area contributed by atoms with Crippen LogP contribution in [0.2, 0.25) is 0 Å². The lowest BCUT2D eigenvalue weighted by Gasteiger charge is -2.07. The third kappa shape index (κ3) is 2.77. The Hall–Kier alpha value is -1.66. The van der Waals surface area contributed by atoms with Crippen LogP contribution in [0.15, 0.2) is 47.5 Å². The van der Waals surface area contributed by atoms with Crippen LogP contribution >= 0.6 is 0 Å². The Morgan fingerprint density at radius 1 is 1.22 bits per heavy atom. The molecular formula is C12H15N3O2S. The molecule has 0 aliphatic carbocycles. The molecule has 0 bridgehead atoms. The molecule has 5 nitrogen and oxygen atoms in total. The van der Waals surface area contributed by atoms with Crippen LogP contribution < -0.4 is 4.72 Å². The maximum absolute atomic E-state index is 12.0. The summed E-state index contributed by atoms with van der Waals surface area (Å²) in [7, 11) is -3.45. The number of hydrogen-bond acceptors (Lipinski definition) is 3. The number of aryl methyl sites for hydroxylation is 1. The molecule has 0 spiro atoms. The minimum Gasteiger partial charge on any atom is -0.269 e. The SMILES string of the molecule is CCn1nccc1CNS(=O)(=O)c1ccccc1. The second-order valence-corrected chi connectivity index (χ2v) is 5.54. The van der Waals surface area contributed by atoms with E-state index in [0.717, 1.165) is 12.2 Å². The van der Waals surface area contributed by atoms with Crippen LogP contribution in [0.4, 0.5) is 0 Å². The Bertz CT molecular complexity index is 605. The van der Waals surface area contributed by atoms with Gasteiger partial charge in [-0.2, -0.15) is 5.10 Å². The predicted molar refractivity (Wildman–Crippen MR) is 68.4 cm³/mol. The third-order valence-corrected chi connectivity index (χ3v) is 4.02. The first-order valence-electron chi connectivity index (χ1n) is 5.69. The van der Waals surface area contributed by atoms with Gasteiger partial charge in [0.05, 0.1) is 17.1 Å². The number of aromatic nitrogens is 2. The zero-order valence-corrected chi connectivity index (χ0v) is 10.9. The average molecular weight is 265 g/mol. The second kappa shape index (κ2) is 5.32. The smallest absolute Gasteiger partial charge is 0.240 e. The molecule has 0 unspecified atom stereocenters. The van der Waals surface area contributed by atoms with Crippen molar-refractivity contribution >= 4 is 10.0 Å². The van der Waals surface area contributed by atoms with Crippen molar-refractivity contribution < 1.29 is 8.42 Å². The molecule has 1 aromatic carbocycles. The molecule has 0 saturated carbocycles. The van der Waals surface area contributed by atoms with Crippen molar-refractivity contribution in [3.63, 3.8) is 0 Å². The first-order valence-corrected chi connectivity index (χ1v) is 7.17. The van der Waals surface area contributed by atoms with E-state index in [0.29, 0.717) is 0 Å². The molecule has 0 saturated heterocycles. The van der Waals surface area contributed by atoms with Crippen LogP contribution in [-0.4, -0.2) is 18.2 Å². The van der Waals surface area contributed by atoms with Crippen molar-refractivity contribution in [2.24, 2.45) is 0 Å². The van der Waals surface area contributed by atoms with Crippen LogP contribution in [0.3, 0.4) is 0 Å². The number of hydrogen-bond donors (Lipinski definition) is 1. The highest BCUT2D eigenvalue weighted by atomic mass is 32.2. The number of nitrogens with one attached hydrogen (secondary N) is 1. The fraction of sp³-hybridized carbons (Fsp3) is 0.250. The summed E-state index contributed by atoms with van der Waals surface area (Å²) in [5.74, 6) is 0. The van der Waals surface area contributed by atoms with E-state index in [2.05, 4.69) is 9.82 Å². The summed E-state index contributed by atoms with van der Waals surface area (Å²) in [5.41, 5.74) is 0.844. The zero-order chi connectivity index (χ0) is 13.0. The summed E-state index contributed by atoms with van der Waals surface area (Å²) < 4.78 is 28.3. The average Bonchev–Trinajstić information content (AvgIpc) is 2.85. The van der Waals surface area contributed by atoms with E-state index in [1.165, 1.54) is 0 Å². The Labute approximate surface area is 107 Å². The molecule has 0 atom stereocenters. The van der Waals surface area contributed by atoms with Gasteiger partial charge in [0, 0.05) is 12.7 Å². The van der Waals surface area contributed by atoms with Crippen LogP contribution in [0.25, 0.3) is 0 Å². The van der Waals surface area contributed by atoms with Crippen molar-refractivity contribution in [2.45, 2.75) is 24.9 Å². The van der Waals surface area contributed by atoms with Crippen LogP contribution in [0.5, 0.6) is 0 Å². The van der Waals surface area contributed by atoms with E-state index in [4.69, 9.17) is 0 Å². The van der Waals surface area contributed by atoms with Crippen LogP contribution in [0, 0.1) is 0 Å². The largest absolute Gasteiger partial charge is 0.269 e.